The first-order chi connectivity index (χ1) is 9.83. The molecule has 0 saturated heterocycles. The summed E-state index contributed by atoms with van der Waals surface area (Å²) in [5, 5.41) is 0. The highest BCUT2D eigenvalue weighted by Gasteiger charge is 2.23. The zero-order valence-electron chi connectivity index (χ0n) is 12.1. The number of nitrogens with two attached hydrogens (primary N) is 1. The van der Waals surface area contributed by atoms with Crippen LogP contribution >= 0.6 is 12.4 Å². The number of para-hydroxylation sites is 1. The van der Waals surface area contributed by atoms with Crippen LogP contribution in [0, 0.1) is 5.92 Å². The average molecular weight is 304 g/mol. The van der Waals surface area contributed by atoms with Gasteiger partial charge >= 0.3 is 0 Å². The summed E-state index contributed by atoms with van der Waals surface area (Å²) in [7, 11) is 0. The SMILES string of the molecule is Cl.N[C@H](c1ccc(Oc2ccccc2)cc1)C1CCCC1. The predicted molar refractivity (Wildman–Crippen MR) is 89.1 cm³/mol. The van der Waals surface area contributed by atoms with Crippen molar-refractivity contribution in [1.29, 1.82) is 0 Å². The van der Waals surface area contributed by atoms with E-state index in [0.717, 1.165) is 11.5 Å². The Kier molecular flexibility index (Phi) is 5.66. The first-order valence-corrected chi connectivity index (χ1v) is 7.41. The van der Waals surface area contributed by atoms with Crippen LogP contribution in [0.1, 0.15) is 37.3 Å². The zero-order valence-corrected chi connectivity index (χ0v) is 12.9. The molecule has 1 aliphatic rings. The quantitative estimate of drug-likeness (QED) is 0.853. The minimum atomic E-state index is 0. The molecule has 0 aliphatic heterocycles. The molecule has 3 heteroatoms. The summed E-state index contributed by atoms with van der Waals surface area (Å²) >= 11 is 0. The molecule has 1 fully saturated rings. The van der Waals surface area contributed by atoms with Gasteiger partial charge in [0, 0.05) is 6.04 Å². The molecule has 1 atom stereocenters. The van der Waals surface area contributed by atoms with E-state index in [0.29, 0.717) is 5.92 Å². The lowest BCUT2D eigenvalue weighted by Crippen LogP contribution is -2.18. The maximum absolute atomic E-state index is 6.36. The third-order valence-electron chi connectivity index (χ3n) is 4.15. The molecular formula is C18H22ClNO. The summed E-state index contributed by atoms with van der Waals surface area (Å²) in [4.78, 5) is 0. The molecule has 2 N–H and O–H groups in total. The van der Waals surface area contributed by atoms with E-state index >= 15 is 0 Å². The van der Waals surface area contributed by atoms with E-state index in [2.05, 4.69) is 12.1 Å². The Labute approximate surface area is 132 Å². The first-order valence-electron chi connectivity index (χ1n) is 7.41. The number of benzene rings is 2. The number of hydrogen-bond acceptors (Lipinski definition) is 2. The Morgan fingerprint density at radius 2 is 1.43 bits per heavy atom. The van der Waals surface area contributed by atoms with Gasteiger partial charge in [-0.25, -0.2) is 0 Å². The van der Waals surface area contributed by atoms with E-state index in [-0.39, 0.29) is 18.4 Å². The monoisotopic (exact) mass is 303 g/mol. The molecule has 2 nitrogen and oxygen atoms in total. The molecule has 0 spiro atoms. The van der Waals surface area contributed by atoms with Gasteiger partial charge in [-0.1, -0.05) is 43.2 Å². The summed E-state index contributed by atoms with van der Waals surface area (Å²) in [6.07, 6.45) is 5.19. The van der Waals surface area contributed by atoms with Crippen molar-refractivity contribution in [1.82, 2.24) is 0 Å². The molecule has 3 rings (SSSR count). The lowest BCUT2D eigenvalue weighted by atomic mass is 9.92. The summed E-state index contributed by atoms with van der Waals surface area (Å²) in [6, 6.07) is 18.2. The molecule has 0 radical (unpaired) electrons. The van der Waals surface area contributed by atoms with Crippen LogP contribution < -0.4 is 10.5 Å². The van der Waals surface area contributed by atoms with Crippen LogP contribution in [0.5, 0.6) is 11.5 Å². The van der Waals surface area contributed by atoms with Crippen molar-refractivity contribution < 1.29 is 4.74 Å². The van der Waals surface area contributed by atoms with E-state index in [1.807, 2.05) is 42.5 Å². The normalized spacial score (nSPS) is 16.2. The van der Waals surface area contributed by atoms with Crippen molar-refractivity contribution in [2.45, 2.75) is 31.7 Å². The van der Waals surface area contributed by atoms with Crippen LogP contribution in [0.4, 0.5) is 0 Å². The summed E-state index contributed by atoms with van der Waals surface area (Å²) in [5.74, 6) is 2.37. The summed E-state index contributed by atoms with van der Waals surface area (Å²) < 4.78 is 5.80. The molecule has 1 saturated carbocycles. The largest absolute Gasteiger partial charge is 0.457 e. The highest BCUT2D eigenvalue weighted by Crippen LogP contribution is 2.34. The fourth-order valence-electron chi connectivity index (χ4n) is 2.97. The fourth-order valence-corrected chi connectivity index (χ4v) is 2.97. The molecule has 2 aromatic rings. The van der Waals surface area contributed by atoms with Gasteiger partial charge in [-0.15, -0.1) is 12.4 Å². The van der Waals surface area contributed by atoms with E-state index in [1.165, 1.54) is 31.2 Å². The van der Waals surface area contributed by atoms with Crippen molar-refractivity contribution >= 4 is 12.4 Å². The second kappa shape index (κ2) is 7.48. The Bertz CT molecular complexity index is 535. The van der Waals surface area contributed by atoms with E-state index < -0.39 is 0 Å². The smallest absolute Gasteiger partial charge is 0.127 e. The first kappa shape index (κ1) is 15.9. The van der Waals surface area contributed by atoms with Gasteiger partial charge in [-0.3, -0.25) is 0 Å². The van der Waals surface area contributed by atoms with Gasteiger partial charge in [0.2, 0.25) is 0 Å². The van der Waals surface area contributed by atoms with Crippen LogP contribution in [-0.4, -0.2) is 0 Å². The Morgan fingerprint density at radius 1 is 0.857 bits per heavy atom. The maximum atomic E-state index is 6.36. The second-order valence-electron chi connectivity index (χ2n) is 5.55. The third kappa shape index (κ3) is 3.99. The van der Waals surface area contributed by atoms with Gasteiger partial charge in [0.1, 0.15) is 11.5 Å². The molecule has 2 aromatic carbocycles. The van der Waals surface area contributed by atoms with E-state index in [9.17, 15) is 0 Å². The lowest BCUT2D eigenvalue weighted by molar-refractivity contribution is 0.443. The van der Waals surface area contributed by atoms with Gasteiger partial charge in [0.25, 0.3) is 0 Å². The van der Waals surface area contributed by atoms with Crippen molar-refractivity contribution in [3.05, 3.63) is 60.2 Å². The lowest BCUT2D eigenvalue weighted by Gasteiger charge is -2.19. The minimum absolute atomic E-state index is 0. The van der Waals surface area contributed by atoms with Gasteiger partial charge in [0.15, 0.2) is 0 Å². The molecule has 112 valence electrons. The molecule has 1 aliphatic carbocycles. The van der Waals surface area contributed by atoms with Crippen LogP contribution in [0.3, 0.4) is 0 Å². The number of ether oxygens (including phenoxy) is 1. The molecule has 0 bridgehead atoms. The Hall–Kier alpha value is -1.51. The van der Waals surface area contributed by atoms with E-state index in [1.54, 1.807) is 0 Å². The second-order valence-corrected chi connectivity index (χ2v) is 5.55. The van der Waals surface area contributed by atoms with Gasteiger partial charge < -0.3 is 10.5 Å². The molecular weight excluding hydrogens is 282 g/mol. The van der Waals surface area contributed by atoms with Crippen molar-refractivity contribution in [2.75, 3.05) is 0 Å². The van der Waals surface area contributed by atoms with Crippen molar-refractivity contribution in [2.24, 2.45) is 11.7 Å². The van der Waals surface area contributed by atoms with Crippen LogP contribution in [0.25, 0.3) is 0 Å². The topological polar surface area (TPSA) is 35.2 Å². The highest BCUT2D eigenvalue weighted by atomic mass is 35.5. The molecule has 21 heavy (non-hydrogen) atoms. The van der Waals surface area contributed by atoms with Crippen LogP contribution in [0.15, 0.2) is 54.6 Å². The van der Waals surface area contributed by atoms with Crippen LogP contribution in [0.2, 0.25) is 0 Å². The minimum Gasteiger partial charge on any atom is -0.457 e. The highest BCUT2D eigenvalue weighted by molar-refractivity contribution is 5.85. The average Bonchev–Trinajstić information content (AvgIpc) is 3.03. The summed E-state index contributed by atoms with van der Waals surface area (Å²) in [6.45, 7) is 0. The maximum Gasteiger partial charge on any atom is 0.127 e. The van der Waals surface area contributed by atoms with Crippen molar-refractivity contribution in [3.8, 4) is 11.5 Å². The fraction of sp³-hybridized carbons (Fsp3) is 0.333. The van der Waals surface area contributed by atoms with Crippen molar-refractivity contribution in [3.63, 3.8) is 0 Å². The molecule has 0 aromatic heterocycles. The molecule has 0 amide bonds. The Morgan fingerprint density at radius 3 is 2.05 bits per heavy atom. The standard InChI is InChI=1S/C18H21NO.ClH/c19-18(14-6-4-5-7-14)15-10-12-17(13-11-15)20-16-8-2-1-3-9-16;/h1-3,8-14,18H,4-7,19H2;1H/t18-;/m0./s1. The number of rotatable bonds is 4. The zero-order chi connectivity index (χ0) is 13.8. The van der Waals surface area contributed by atoms with Crippen LogP contribution in [-0.2, 0) is 0 Å². The Balaban J connectivity index is 0.00000161. The predicted octanol–water partition coefficient (Wildman–Crippen LogP) is 5.09. The van der Waals surface area contributed by atoms with Gasteiger partial charge in [0.05, 0.1) is 0 Å². The van der Waals surface area contributed by atoms with Gasteiger partial charge in [-0.2, -0.15) is 0 Å². The summed E-state index contributed by atoms with van der Waals surface area (Å²) in [5.41, 5.74) is 7.58. The van der Waals surface area contributed by atoms with E-state index in [4.69, 9.17) is 10.5 Å². The van der Waals surface area contributed by atoms with Gasteiger partial charge in [-0.05, 0) is 48.6 Å². The number of hydrogen-bond donors (Lipinski definition) is 1. The number of halogens is 1. The molecule has 0 unspecified atom stereocenters. The molecule has 0 heterocycles. The third-order valence-corrected chi connectivity index (χ3v) is 4.15.